The molecule has 4 aromatic rings. The largest absolute Gasteiger partial charge is 0.478 e. The lowest BCUT2D eigenvalue weighted by atomic mass is 10.1. The molecular weight excluding hydrogens is 872 g/mol. The molecule has 0 unspecified atom stereocenters. The van der Waals surface area contributed by atoms with Gasteiger partial charge in [-0.2, -0.15) is 0 Å². The van der Waals surface area contributed by atoms with Gasteiger partial charge in [0.1, 0.15) is 0 Å². The maximum atomic E-state index is 12.7. The standard InChI is InChI=1S/C19H20BrN5O2.C11H11NO3.C8H11BrN4.ClH/c1-3-17(26)24(2)16-6-4-13(5-7-16)18(27)25-9-8-15(12-25)23-19-21-10-14(20)11-22-19;1-3-10(13)12(2)9-6-4-8(5-7-9)11(14)15;9-6-3-11-8(12-4-6)13-7-1-2-10-5-7;/h3-7,10-11,15H,1,8-9,12H2,2H3,(H,21,22,23);3-7H,1H2,2H3,(H,14,15);3-4,7,10H,1-2,5H2,(H,11,12,13);1H/t15-;;7-;/m1.1./s1. The number of carbonyl (C=O) groups excluding carboxylic acids is 3. The van der Waals surface area contributed by atoms with E-state index in [1.807, 2.05) is 4.90 Å². The van der Waals surface area contributed by atoms with Crippen molar-refractivity contribution in [2.45, 2.75) is 24.9 Å². The zero-order valence-electron chi connectivity index (χ0n) is 30.8. The van der Waals surface area contributed by atoms with Crippen molar-refractivity contribution in [2.75, 3.05) is 60.7 Å². The third-order valence-electron chi connectivity index (χ3n) is 8.46. The van der Waals surface area contributed by atoms with E-state index in [0.717, 1.165) is 34.9 Å². The van der Waals surface area contributed by atoms with E-state index in [0.29, 0.717) is 48.0 Å². The molecule has 2 aliphatic heterocycles. The number of nitrogens with one attached hydrogen (secondary N) is 3. The lowest BCUT2D eigenvalue weighted by Crippen LogP contribution is -2.32. The Morgan fingerprint density at radius 2 is 1.21 bits per heavy atom. The fourth-order valence-corrected chi connectivity index (χ4v) is 5.75. The number of hydrogen-bond donors (Lipinski definition) is 4. The van der Waals surface area contributed by atoms with Crippen LogP contribution in [0.5, 0.6) is 0 Å². The Balaban J connectivity index is 0.000000245. The number of aromatic nitrogens is 4. The smallest absolute Gasteiger partial charge is 0.335 e. The molecule has 15 nitrogen and oxygen atoms in total. The summed E-state index contributed by atoms with van der Waals surface area (Å²) in [5.74, 6) is -0.191. The van der Waals surface area contributed by atoms with Crippen LogP contribution in [0.25, 0.3) is 0 Å². The van der Waals surface area contributed by atoms with Crippen LogP contribution >= 0.6 is 44.3 Å². The van der Waals surface area contributed by atoms with E-state index in [9.17, 15) is 19.2 Å². The Bertz CT molecular complexity index is 1930. The van der Waals surface area contributed by atoms with E-state index in [-0.39, 0.29) is 41.7 Å². The van der Waals surface area contributed by atoms with Crippen molar-refractivity contribution in [1.82, 2.24) is 30.2 Å². The highest BCUT2D eigenvalue weighted by Crippen LogP contribution is 2.20. The van der Waals surface area contributed by atoms with Crippen molar-refractivity contribution >= 4 is 91.2 Å². The Hall–Kier alpha value is -5.23. The summed E-state index contributed by atoms with van der Waals surface area (Å²) in [6.45, 7) is 10.2. The minimum atomic E-state index is -0.987. The molecule has 0 spiro atoms. The highest BCUT2D eigenvalue weighted by atomic mass is 79.9. The summed E-state index contributed by atoms with van der Waals surface area (Å²) in [4.78, 5) is 67.6. The van der Waals surface area contributed by atoms with Crippen molar-refractivity contribution in [3.8, 4) is 0 Å². The third-order valence-corrected chi connectivity index (χ3v) is 9.28. The van der Waals surface area contributed by atoms with Gasteiger partial charge in [0.05, 0.1) is 14.5 Å². The first-order valence-electron chi connectivity index (χ1n) is 17.1. The van der Waals surface area contributed by atoms with Crippen LogP contribution in [0.2, 0.25) is 0 Å². The average molecular weight is 915 g/mol. The Morgan fingerprint density at radius 3 is 1.62 bits per heavy atom. The quantitative estimate of drug-likeness (QED) is 0.143. The lowest BCUT2D eigenvalue weighted by Gasteiger charge is -2.19. The van der Waals surface area contributed by atoms with Crippen molar-refractivity contribution < 1.29 is 24.3 Å². The summed E-state index contributed by atoms with van der Waals surface area (Å²) >= 11 is 6.60. The molecule has 0 aliphatic carbocycles. The molecule has 18 heteroatoms. The maximum absolute atomic E-state index is 12.7. The number of carboxylic acids is 1. The van der Waals surface area contributed by atoms with Gasteiger partial charge in [-0.15, -0.1) is 12.4 Å². The van der Waals surface area contributed by atoms with Gasteiger partial charge in [-0.25, -0.2) is 24.7 Å². The highest BCUT2D eigenvalue weighted by Gasteiger charge is 2.27. The zero-order valence-corrected chi connectivity index (χ0v) is 34.8. The van der Waals surface area contributed by atoms with Gasteiger partial charge in [-0.1, -0.05) is 13.2 Å². The van der Waals surface area contributed by atoms with Crippen molar-refractivity contribution in [3.05, 3.63) is 119 Å². The molecule has 2 aromatic carbocycles. The molecule has 0 bridgehead atoms. The van der Waals surface area contributed by atoms with E-state index >= 15 is 0 Å². The Labute approximate surface area is 348 Å². The van der Waals surface area contributed by atoms with Gasteiger partial charge in [-0.3, -0.25) is 14.4 Å². The molecule has 4 heterocycles. The van der Waals surface area contributed by atoms with E-state index in [2.05, 4.69) is 80.9 Å². The van der Waals surface area contributed by atoms with Crippen molar-refractivity contribution in [1.29, 1.82) is 0 Å². The minimum absolute atomic E-state index is 0. The van der Waals surface area contributed by atoms with Crippen LogP contribution in [-0.4, -0.2) is 106 Å². The number of aromatic carboxylic acids is 1. The molecule has 296 valence electrons. The van der Waals surface area contributed by atoms with Crippen molar-refractivity contribution in [2.24, 2.45) is 0 Å². The number of carboxylic acid groups (broad SMARTS) is 1. The summed E-state index contributed by atoms with van der Waals surface area (Å²) in [5, 5.41) is 18.5. The monoisotopic (exact) mass is 912 g/mol. The second kappa shape index (κ2) is 22.4. The Morgan fingerprint density at radius 1 is 0.768 bits per heavy atom. The summed E-state index contributed by atoms with van der Waals surface area (Å²) < 4.78 is 1.72. The van der Waals surface area contributed by atoms with Gasteiger partial charge in [-0.05, 0) is 112 Å². The molecule has 56 heavy (non-hydrogen) atoms. The van der Waals surface area contributed by atoms with E-state index in [1.165, 1.54) is 34.1 Å². The summed E-state index contributed by atoms with van der Waals surface area (Å²) in [6.07, 6.45) is 11.3. The first-order chi connectivity index (χ1) is 26.4. The lowest BCUT2D eigenvalue weighted by molar-refractivity contribution is -0.114. The second-order valence-corrected chi connectivity index (χ2v) is 14.1. The van der Waals surface area contributed by atoms with Crippen LogP contribution in [0.15, 0.2) is 108 Å². The molecule has 0 radical (unpaired) electrons. The predicted molar refractivity (Wildman–Crippen MR) is 227 cm³/mol. The maximum Gasteiger partial charge on any atom is 0.335 e. The number of likely N-dealkylation sites (N-methyl/N-ethyl adjacent to an activating group) is 2. The fraction of sp³-hybridized carbons (Fsp3) is 0.263. The topological polar surface area (TPSA) is 186 Å². The number of anilines is 4. The number of benzene rings is 2. The number of halogens is 3. The number of amides is 3. The molecule has 0 saturated carbocycles. The van der Waals surface area contributed by atoms with E-state index in [1.54, 1.807) is 75.3 Å². The summed E-state index contributed by atoms with van der Waals surface area (Å²) in [7, 11) is 3.27. The normalized spacial score (nSPS) is 15.3. The molecule has 2 aliphatic rings. The van der Waals surface area contributed by atoms with Gasteiger partial charge >= 0.3 is 5.97 Å². The van der Waals surface area contributed by atoms with E-state index < -0.39 is 5.97 Å². The first kappa shape index (κ1) is 45.2. The number of likely N-dealkylation sites (tertiary alicyclic amines) is 1. The van der Waals surface area contributed by atoms with Crippen LogP contribution in [-0.2, 0) is 9.59 Å². The molecule has 2 fully saturated rings. The molecule has 2 saturated heterocycles. The average Bonchev–Trinajstić information content (AvgIpc) is 3.91. The minimum Gasteiger partial charge on any atom is -0.478 e. The zero-order chi connectivity index (χ0) is 39.9. The number of hydrogen-bond acceptors (Lipinski definition) is 11. The molecule has 2 atom stereocenters. The van der Waals surface area contributed by atoms with Gasteiger partial charge in [0.15, 0.2) is 0 Å². The molecule has 2 aromatic heterocycles. The van der Waals surface area contributed by atoms with Crippen LogP contribution in [0, 0.1) is 0 Å². The van der Waals surface area contributed by atoms with Crippen LogP contribution in [0.3, 0.4) is 0 Å². The van der Waals surface area contributed by atoms with Crippen LogP contribution in [0.1, 0.15) is 33.6 Å². The van der Waals surface area contributed by atoms with Gasteiger partial charge < -0.3 is 35.8 Å². The molecule has 4 N–H and O–H groups in total. The molecule has 3 amide bonds. The summed E-state index contributed by atoms with van der Waals surface area (Å²) in [6, 6.07) is 13.6. The second-order valence-electron chi connectivity index (χ2n) is 12.3. The van der Waals surface area contributed by atoms with Crippen LogP contribution < -0.4 is 25.8 Å². The molecular formula is C38H43Br2ClN10O5. The number of carbonyl (C=O) groups is 4. The number of nitrogens with zero attached hydrogens (tertiary/aromatic N) is 7. The SMILES string of the molecule is Brc1cnc(N[C@@H]2CCNC2)nc1.C=CC(=O)N(C)c1ccc(C(=O)N2CC[C@@H](Nc3ncc(Br)cn3)C2)cc1.C=CC(=O)N(C)c1ccc(C(=O)O)cc1.Cl. The van der Waals surface area contributed by atoms with Crippen molar-refractivity contribution in [3.63, 3.8) is 0 Å². The first-order valence-corrected chi connectivity index (χ1v) is 18.7. The van der Waals surface area contributed by atoms with Gasteiger partial charge in [0.25, 0.3) is 5.91 Å². The Kier molecular flexibility index (Phi) is 18.0. The summed E-state index contributed by atoms with van der Waals surface area (Å²) in [5.41, 5.74) is 2.13. The fourth-order valence-electron chi connectivity index (χ4n) is 5.35. The van der Waals surface area contributed by atoms with E-state index in [4.69, 9.17) is 5.11 Å². The third kappa shape index (κ3) is 13.5. The highest BCUT2D eigenvalue weighted by molar-refractivity contribution is 9.10. The van der Waals surface area contributed by atoms with Gasteiger partial charge in [0.2, 0.25) is 23.7 Å². The predicted octanol–water partition coefficient (Wildman–Crippen LogP) is 5.68. The van der Waals surface area contributed by atoms with Gasteiger partial charge in [0, 0.05) is 87.5 Å². The number of rotatable bonds is 10. The van der Waals surface area contributed by atoms with Crippen LogP contribution in [0.4, 0.5) is 23.3 Å². The molecule has 6 rings (SSSR count).